The molecule has 2 aromatic heterocycles. The van der Waals surface area contributed by atoms with Gasteiger partial charge in [0.15, 0.2) is 5.69 Å². The normalized spacial score (nSPS) is 15.3. The van der Waals surface area contributed by atoms with Crippen molar-refractivity contribution in [1.82, 2.24) is 24.9 Å². The summed E-state index contributed by atoms with van der Waals surface area (Å²) in [5, 5.41) is 12.3. The third-order valence-electron chi connectivity index (χ3n) is 5.42. The van der Waals surface area contributed by atoms with Crippen LogP contribution in [0.5, 0.6) is 0 Å². The van der Waals surface area contributed by atoms with E-state index < -0.39 is 5.60 Å². The van der Waals surface area contributed by atoms with Crippen LogP contribution in [-0.2, 0) is 4.74 Å². The number of carbonyl (C=O) groups is 2. The summed E-state index contributed by atoms with van der Waals surface area (Å²) >= 11 is 0. The Labute approximate surface area is 180 Å². The van der Waals surface area contributed by atoms with Crippen LogP contribution in [0.15, 0.2) is 30.5 Å². The van der Waals surface area contributed by atoms with Crippen molar-refractivity contribution >= 4 is 28.6 Å². The number of ether oxygens (including phenoxy) is 1. The lowest BCUT2D eigenvalue weighted by Crippen LogP contribution is -2.42. The van der Waals surface area contributed by atoms with Crippen LogP contribution < -0.4 is 5.32 Å². The molecule has 31 heavy (non-hydrogen) atoms. The molecule has 9 nitrogen and oxygen atoms in total. The Hall–Kier alpha value is -3.36. The Balaban J connectivity index is 1.40. The highest BCUT2D eigenvalue weighted by Crippen LogP contribution is 2.25. The van der Waals surface area contributed by atoms with Crippen LogP contribution >= 0.6 is 0 Å². The van der Waals surface area contributed by atoms with Gasteiger partial charge in [0, 0.05) is 30.5 Å². The van der Waals surface area contributed by atoms with Crippen molar-refractivity contribution in [3.8, 4) is 0 Å². The molecule has 3 aromatic rings. The van der Waals surface area contributed by atoms with Crippen molar-refractivity contribution in [2.24, 2.45) is 0 Å². The lowest BCUT2D eigenvalue weighted by atomic mass is 10.1. The number of hydrogen-bond donors (Lipinski definition) is 2. The van der Waals surface area contributed by atoms with E-state index in [1.54, 1.807) is 9.58 Å². The molecule has 164 valence electrons. The molecular formula is C22H28N6O3. The number of nitrogens with one attached hydrogen (secondary N) is 2. The number of carbonyl (C=O) groups excluding carboxylic acids is 2. The smallest absolute Gasteiger partial charge is 0.410 e. The summed E-state index contributed by atoms with van der Waals surface area (Å²) in [6.45, 7) is 8.59. The largest absolute Gasteiger partial charge is 0.444 e. The zero-order valence-electron chi connectivity index (χ0n) is 18.3. The molecule has 9 heteroatoms. The molecule has 1 aromatic carbocycles. The number of benzene rings is 1. The van der Waals surface area contributed by atoms with Crippen molar-refractivity contribution in [3.05, 3.63) is 41.9 Å². The van der Waals surface area contributed by atoms with E-state index in [9.17, 15) is 9.59 Å². The SMILES string of the molecule is Cc1c(C(=O)Nc2ccc3cc[nH]c3c2)nnn1C1CCN(C(=O)OC(C)(C)C)CC1. The van der Waals surface area contributed by atoms with E-state index in [4.69, 9.17) is 4.74 Å². The molecule has 1 aliphatic heterocycles. The van der Waals surface area contributed by atoms with Crippen LogP contribution in [0.3, 0.4) is 0 Å². The number of piperidine rings is 1. The Bertz CT molecular complexity index is 1100. The van der Waals surface area contributed by atoms with E-state index in [-0.39, 0.29) is 18.0 Å². The van der Waals surface area contributed by atoms with Gasteiger partial charge in [0.1, 0.15) is 5.60 Å². The maximum atomic E-state index is 12.8. The Kier molecular flexibility index (Phi) is 5.43. The minimum Gasteiger partial charge on any atom is -0.444 e. The van der Waals surface area contributed by atoms with E-state index in [1.165, 1.54) is 0 Å². The lowest BCUT2D eigenvalue weighted by molar-refractivity contribution is 0.0183. The molecule has 0 saturated carbocycles. The molecule has 1 fully saturated rings. The lowest BCUT2D eigenvalue weighted by Gasteiger charge is -2.33. The zero-order valence-corrected chi connectivity index (χ0v) is 18.3. The number of fused-ring (bicyclic) bond motifs is 1. The molecule has 2 N–H and O–H groups in total. The first-order valence-corrected chi connectivity index (χ1v) is 10.5. The van der Waals surface area contributed by atoms with Crippen molar-refractivity contribution in [2.45, 2.75) is 52.2 Å². The van der Waals surface area contributed by atoms with Crippen molar-refractivity contribution in [1.29, 1.82) is 0 Å². The summed E-state index contributed by atoms with van der Waals surface area (Å²) in [5.41, 5.74) is 2.16. The van der Waals surface area contributed by atoms with Crippen molar-refractivity contribution < 1.29 is 14.3 Å². The van der Waals surface area contributed by atoms with Gasteiger partial charge in [0.2, 0.25) is 0 Å². The molecule has 1 saturated heterocycles. The predicted molar refractivity (Wildman–Crippen MR) is 117 cm³/mol. The van der Waals surface area contributed by atoms with Crippen LogP contribution in [0.25, 0.3) is 10.9 Å². The molecule has 3 heterocycles. The number of anilines is 1. The maximum absolute atomic E-state index is 12.8. The summed E-state index contributed by atoms with van der Waals surface area (Å²) < 4.78 is 7.25. The van der Waals surface area contributed by atoms with Gasteiger partial charge < -0.3 is 19.9 Å². The number of amides is 2. The number of H-pyrrole nitrogens is 1. The van der Waals surface area contributed by atoms with E-state index in [0.717, 1.165) is 23.7 Å². The molecule has 0 unspecified atom stereocenters. The average Bonchev–Trinajstić information content (AvgIpc) is 3.33. The number of nitrogens with zero attached hydrogens (tertiary/aromatic N) is 4. The van der Waals surface area contributed by atoms with Crippen molar-refractivity contribution in [3.63, 3.8) is 0 Å². The number of rotatable bonds is 3. The van der Waals surface area contributed by atoms with Gasteiger partial charge in [-0.25, -0.2) is 9.48 Å². The summed E-state index contributed by atoms with van der Waals surface area (Å²) in [4.78, 5) is 29.9. The molecule has 0 aliphatic carbocycles. The third kappa shape index (κ3) is 4.55. The quantitative estimate of drug-likeness (QED) is 0.664. The van der Waals surface area contributed by atoms with E-state index >= 15 is 0 Å². The van der Waals surface area contributed by atoms with Gasteiger partial charge in [-0.15, -0.1) is 5.10 Å². The monoisotopic (exact) mass is 424 g/mol. The highest BCUT2D eigenvalue weighted by molar-refractivity contribution is 6.04. The maximum Gasteiger partial charge on any atom is 0.410 e. The number of likely N-dealkylation sites (tertiary alicyclic amines) is 1. The Morgan fingerprint density at radius 1 is 1.19 bits per heavy atom. The van der Waals surface area contributed by atoms with E-state index in [0.29, 0.717) is 30.2 Å². The molecule has 2 amide bonds. The number of aromatic nitrogens is 4. The van der Waals surface area contributed by atoms with Crippen LogP contribution in [0, 0.1) is 6.92 Å². The van der Waals surface area contributed by atoms with Crippen LogP contribution in [0.4, 0.5) is 10.5 Å². The first-order valence-electron chi connectivity index (χ1n) is 10.5. The second-order valence-electron chi connectivity index (χ2n) is 8.90. The predicted octanol–water partition coefficient (Wildman–Crippen LogP) is 3.89. The first kappa shape index (κ1) is 20.9. The third-order valence-corrected chi connectivity index (χ3v) is 5.42. The molecular weight excluding hydrogens is 396 g/mol. The fourth-order valence-corrected chi connectivity index (χ4v) is 3.83. The fraction of sp³-hybridized carbons (Fsp3) is 0.455. The van der Waals surface area contributed by atoms with Crippen LogP contribution in [-0.4, -0.2) is 55.6 Å². The highest BCUT2D eigenvalue weighted by Gasteiger charge is 2.29. The Morgan fingerprint density at radius 3 is 2.65 bits per heavy atom. The highest BCUT2D eigenvalue weighted by atomic mass is 16.6. The fourth-order valence-electron chi connectivity index (χ4n) is 3.83. The summed E-state index contributed by atoms with van der Waals surface area (Å²) in [7, 11) is 0. The van der Waals surface area contributed by atoms with Gasteiger partial charge in [0.25, 0.3) is 5.91 Å². The molecule has 0 bridgehead atoms. The second kappa shape index (κ2) is 8.05. The van der Waals surface area contributed by atoms with E-state index in [1.807, 2.05) is 58.2 Å². The minimum absolute atomic E-state index is 0.0861. The van der Waals surface area contributed by atoms with Gasteiger partial charge in [-0.2, -0.15) is 0 Å². The Morgan fingerprint density at radius 2 is 1.94 bits per heavy atom. The molecule has 1 aliphatic rings. The van der Waals surface area contributed by atoms with Crippen LogP contribution in [0.2, 0.25) is 0 Å². The van der Waals surface area contributed by atoms with Gasteiger partial charge in [-0.05, 0) is 64.1 Å². The van der Waals surface area contributed by atoms with Gasteiger partial charge in [0.05, 0.1) is 11.7 Å². The zero-order chi connectivity index (χ0) is 22.2. The molecule has 0 spiro atoms. The molecule has 0 atom stereocenters. The first-order chi connectivity index (χ1) is 14.7. The summed E-state index contributed by atoms with van der Waals surface area (Å²) in [6.07, 6.45) is 3.03. The summed E-state index contributed by atoms with van der Waals surface area (Å²) in [6, 6.07) is 7.76. The van der Waals surface area contributed by atoms with Gasteiger partial charge in [-0.3, -0.25) is 4.79 Å². The number of aromatic amines is 1. The topological polar surface area (TPSA) is 105 Å². The van der Waals surface area contributed by atoms with Crippen LogP contribution in [0.1, 0.15) is 55.8 Å². The summed E-state index contributed by atoms with van der Waals surface area (Å²) in [5.74, 6) is -0.291. The molecule has 0 radical (unpaired) electrons. The van der Waals surface area contributed by atoms with Crippen molar-refractivity contribution in [2.75, 3.05) is 18.4 Å². The second-order valence-corrected chi connectivity index (χ2v) is 8.90. The minimum atomic E-state index is -0.510. The van der Waals surface area contributed by atoms with Gasteiger partial charge in [-0.1, -0.05) is 11.3 Å². The number of hydrogen-bond acceptors (Lipinski definition) is 5. The average molecular weight is 425 g/mol. The van der Waals surface area contributed by atoms with E-state index in [2.05, 4.69) is 20.6 Å². The van der Waals surface area contributed by atoms with Gasteiger partial charge >= 0.3 is 6.09 Å². The molecule has 4 rings (SSSR count). The standard InChI is InChI=1S/C22H28N6O3/c1-14-19(20(29)24-16-6-5-15-7-10-23-18(15)13-16)25-26-28(14)17-8-11-27(12-9-17)21(30)31-22(2,3)4/h5-7,10,13,17,23H,8-9,11-12H2,1-4H3,(H,24,29).